The average Bonchev–Trinajstić information content (AvgIpc) is 3.26. The Hall–Kier alpha value is -3.88. The van der Waals surface area contributed by atoms with Gasteiger partial charge in [0, 0.05) is 49.8 Å². The zero-order chi connectivity index (χ0) is 30.4. The van der Waals surface area contributed by atoms with Crippen molar-refractivity contribution in [3.8, 4) is 0 Å². The Kier molecular flexibility index (Phi) is 7.47. The van der Waals surface area contributed by atoms with Gasteiger partial charge in [-0.25, -0.2) is 0 Å². The number of anilines is 1. The number of rotatable bonds is 4. The van der Waals surface area contributed by atoms with E-state index in [0.717, 1.165) is 56.0 Å². The summed E-state index contributed by atoms with van der Waals surface area (Å²) in [7, 11) is 0. The SMILES string of the molecule is CC1(C)CC(NC(=O)c2ccccc2C(F)(F)F)c2cc(C(=O)N3CCC4(CC3)CCN(c3ccncc3)CC4)ccc21. The molecule has 3 heterocycles. The molecule has 0 radical (unpaired) electrons. The lowest BCUT2D eigenvalue weighted by molar-refractivity contribution is -0.137. The number of halogens is 3. The third kappa shape index (κ3) is 5.74. The monoisotopic (exact) mass is 590 g/mol. The van der Waals surface area contributed by atoms with E-state index in [4.69, 9.17) is 0 Å². The Morgan fingerprint density at radius 1 is 0.907 bits per heavy atom. The van der Waals surface area contributed by atoms with Crippen molar-refractivity contribution >= 4 is 17.5 Å². The largest absolute Gasteiger partial charge is 0.417 e. The van der Waals surface area contributed by atoms with Gasteiger partial charge in [0.1, 0.15) is 0 Å². The fourth-order valence-corrected chi connectivity index (χ4v) is 7.28. The van der Waals surface area contributed by atoms with Gasteiger partial charge in [-0.05, 0) is 90.5 Å². The number of hydrogen-bond acceptors (Lipinski definition) is 4. The van der Waals surface area contributed by atoms with Crippen molar-refractivity contribution in [3.63, 3.8) is 0 Å². The number of likely N-dealkylation sites (tertiary alicyclic amines) is 1. The number of amides is 2. The molecular weight excluding hydrogens is 553 g/mol. The number of carbonyl (C=O) groups excluding carboxylic acids is 2. The number of hydrogen-bond donors (Lipinski definition) is 1. The van der Waals surface area contributed by atoms with Crippen molar-refractivity contribution in [1.82, 2.24) is 15.2 Å². The molecule has 1 aromatic heterocycles. The van der Waals surface area contributed by atoms with E-state index in [1.165, 1.54) is 23.9 Å². The second kappa shape index (κ2) is 11.0. The summed E-state index contributed by atoms with van der Waals surface area (Å²) in [6.07, 6.45) is 3.69. The number of benzene rings is 2. The molecule has 226 valence electrons. The highest BCUT2D eigenvalue weighted by Crippen LogP contribution is 2.46. The number of alkyl halides is 3. The number of pyridine rings is 1. The lowest BCUT2D eigenvalue weighted by Gasteiger charge is -2.47. The standard InChI is InChI=1S/C34H37F3N4O2/c1-32(2)22-29(39-30(42)25-5-3-4-6-28(25)34(35,36)37)26-21-23(7-8-27(26)32)31(43)41-19-13-33(14-20-41)11-17-40(18-12-33)24-9-15-38-16-10-24/h3-10,15-16,21,29H,11-14,17-20,22H2,1-2H3,(H,39,42). The van der Waals surface area contributed by atoms with E-state index in [1.54, 1.807) is 0 Å². The molecule has 2 aliphatic heterocycles. The van der Waals surface area contributed by atoms with Crippen LogP contribution in [0.2, 0.25) is 0 Å². The molecule has 6 nitrogen and oxygen atoms in total. The number of fused-ring (bicyclic) bond motifs is 1. The minimum absolute atomic E-state index is 0.0379. The van der Waals surface area contributed by atoms with Crippen LogP contribution in [0.25, 0.3) is 0 Å². The first-order valence-corrected chi connectivity index (χ1v) is 15.0. The van der Waals surface area contributed by atoms with Crippen molar-refractivity contribution in [2.45, 2.75) is 63.6 Å². The zero-order valence-electron chi connectivity index (χ0n) is 24.6. The van der Waals surface area contributed by atoms with Crippen LogP contribution in [0, 0.1) is 5.41 Å². The molecule has 1 aliphatic carbocycles. The maximum absolute atomic E-state index is 13.7. The first-order valence-electron chi connectivity index (χ1n) is 15.0. The molecule has 1 atom stereocenters. The van der Waals surface area contributed by atoms with Crippen molar-refractivity contribution in [1.29, 1.82) is 0 Å². The summed E-state index contributed by atoms with van der Waals surface area (Å²) < 4.78 is 40.7. The first-order chi connectivity index (χ1) is 20.5. The van der Waals surface area contributed by atoms with Crippen LogP contribution in [0.1, 0.15) is 89.4 Å². The van der Waals surface area contributed by atoms with Crippen LogP contribution in [0.3, 0.4) is 0 Å². The van der Waals surface area contributed by atoms with E-state index in [1.807, 2.05) is 49.3 Å². The van der Waals surface area contributed by atoms with Gasteiger partial charge in [0.25, 0.3) is 11.8 Å². The third-order valence-electron chi connectivity index (χ3n) is 9.86. The number of piperidine rings is 2. The fraction of sp³-hybridized carbons (Fsp3) is 0.441. The van der Waals surface area contributed by atoms with Gasteiger partial charge in [-0.2, -0.15) is 13.2 Å². The minimum atomic E-state index is -4.63. The molecule has 6 rings (SSSR count). The van der Waals surface area contributed by atoms with E-state index in [-0.39, 0.29) is 16.7 Å². The highest BCUT2D eigenvalue weighted by Gasteiger charge is 2.41. The van der Waals surface area contributed by atoms with Gasteiger partial charge >= 0.3 is 6.18 Å². The van der Waals surface area contributed by atoms with E-state index in [9.17, 15) is 22.8 Å². The second-order valence-electron chi connectivity index (χ2n) is 12.9. The summed E-state index contributed by atoms with van der Waals surface area (Å²) in [4.78, 5) is 35.2. The molecule has 0 bridgehead atoms. The Labute approximate surface area is 250 Å². The molecule has 1 N–H and O–H groups in total. The maximum Gasteiger partial charge on any atom is 0.417 e. The van der Waals surface area contributed by atoms with E-state index >= 15 is 0 Å². The summed E-state index contributed by atoms with van der Waals surface area (Å²) >= 11 is 0. The van der Waals surface area contributed by atoms with Crippen LogP contribution >= 0.6 is 0 Å². The molecule has 2 saturated heterocycles. The summed E-state index contributed by atoms with van der Waals surface area (Å²) in [5, 5.41) is 2.85. The molecule has 2 amide bonds. The second-order valence-corrected chi connectivity index (χ2v) is 12.9. The molecule has 3 aliphatic rings. The van der Waals surface area contributed by atoms with Crippen molar-refractivity contribution in [3.05, 3.63) is 94.8 Å². The normalized spacial score (nSPS) is 21.0. The van der Waals surface area contributed by atoms with Gasteiger partial charge in [0.05, 0.1) is 17.2 Å². The van der Waals surface area contributed by atoms with Gasteiger partial charge in [-0.3, -0.25) is 14.6 Å². The van der Waals surface area contributed by atoms with E-state index in [2.05, 4.69) is 27.3 Å². The summed E-state index contributed by atoms with van der Waals surface area (Å²) in [5.74, 6) is -0.807. The lowest BCUT2D eigenvalue weighted by Crippen LogP contribution is -2.48. The van der Waals surface area contributed by atoms with Gasteiger partial charge in [0.2, 0.25) is 0 Å². The Morgan fingerprint density at radius 3 is 2.23 bits per heavy atom. The third-order valence-corrected chi connectivity index (χ3v) is 9.86. The highest BCUT2D eigenvalue weighted by molar-refractivity contribution is 5.97. The number of nitrogens with zero attached hydrogens (tertiary/aromatic N) is 3. The van der Waals surface area contributed by atoms with Crippen molar-refractivity contribution < 1.29 is 22.8 Å². The van der Waals surface area contributed by atoms with Gasteiger partial charge in [-0.15, -0.1) is 0 Å². The highest BCUT2D eigenvalue weighted by atomic mass is 19.4. The topological polar surface area (TPSA) is 65.5 Å². The van der Waals surface area contributed by atoms with Crippen LogP contribution in [0.15, 0.2) is 67.0 Å². The zero-order valence-corrected chi connectivity index (χ0v) is 24.6. The van der Waals surface area contributed by atoms with Gasteiger partial charge in [-0.1, -0.05) is 32.0 Å². The smallest absolute Gasteiger partial charge is 0.371 e. The van der Waals surface area contributed by atoms with Crippen LogP contribution in [0.5, 0.6) is 0 Å². The van der Waals surface area contributed by atoms with Crippen molar-refractivity contribution in [2.75, 3.05) is 31.1 Å². The molecular formula is C34H37F3N4O2. The maximum atomic E-state index is 13.7. The summed E-state index contributed by atoms with van der Waals surface area (Å²) in [6.45, 7) is 7.49. The van der Waals surface area contributed by atoms with E-state index in [0.29, 0.717) is 25.1 Å². The number of carbonyl (C=O) groups is 2. The Morgan fingerprint density at radius 2 is 1.56 bits per heavy atom. The van der Waals surface area contributed by atoms with Gasteiger partial charge < -0.3 is 15.1 Å². The fourth-order valence-electron chi connectivity index (χ4n) is 7.28. The molecule has 2 fully saturated rings. The lowest BCUT2D eigenvalue weighted by atomic mass is 9.71. The predicted molar refractivity (Wildman–Crippen MR) is 159 cm³/mol. The first kappa shape index (κ1) is 29.2. The number of nitrogens with one attached hydrogen (secondary N) is 1. The number of aromatic nitrogens is 1. The molecule has 9 heteroatoms. The molecule has 2 aromatic carbocycles. The van der Waals surface area contributed by atoms with Crippen LogP contribution in [-0.2, 0) is 11.6 Å². The van der Waals surface area contributed by atoms with Crippen LogP contribution in [-0.4, -0.2) is 47.9 Å². The van der Waals surface area contributed by atoms with E-state index < -0.39 is 29.3 Å². The Balaban J connectivity index is 1.14. The van der Waals surface area contributed by atoms with Crippen LogP contribution < -0.4 is 10.2 Å². The van der Waals surface area contributed by atoms with Crippen LogP contribution in [0.4, 0.5) is 18.9 Å². The summed E-state index contributed by atoms with van der Waals surface area (Å²) in [5.41, 5.74) is 2.14. The predicted octanol–water partition coefficient (Wildman–Crippen LogP) is 6.78. The average molecular weight is 591 g/mol. The van der Waals surface area contributed by atoms with Crippen molar-refractivity contribution in [2.24, 2.45) is 5.41 Å². The molecule has 3 aromatic rings. The quantitative estimate of drug-likeness (QED) is 0.364. The molecule has 43 heavy (non-hydrogen) atoms. The molecule has 1 spiro atoms. The van der Waals surface area contributed by atoms with Gasteiger partial charge in [0.15, 0.2) is 0 Å². The Bertz CT molecular complexity index is 1500. The molecule has 1 unspecified atom stereocenters. The summed E-state index contributed by atoms with van der Waals surface area (Å²) in [6, 6.07) is 14.1. The minimum Gasteiger partial charge on any atom is -0.371 e. The molecule has 0 saturated carbocycles.